The van der Waals surface area contributed by atoms with E-state index >= 15 is 0 Å². The van der Waals surface area contributed by atoms with Crippen molar-refractivity contribution in [3.8, 4) is 0 Å². The van der Waals surface area contributed by atoms with Crippen LogP contribution in [0.25, 0.3) is 5.65 Å². The standard InChI is InChI=1S/C17H18F3N5/c1-10(2)15(12-7-5-4-6-11(12)3)21-13-8-9-14-22-23-16(17(18,19)20)25(14)24-13/h4-10,15H,1-3H3,(H,21,24). The molecule has 0 radical (unpaired) electrons. The first-order valence-electron chi connectivity index (χ1n) is 7.89. The van der Waals surface area contributed by atoms with Crippen molar-refractivity contribution in [3.63, 3.8) is 0 Å². The Labute approximate surface area is 142 Å². The van der Waals surface area contributed by atoms with Gasteiger partial charge < -0.3 is 5.32 Å². The number of benzene rings is 1. The van der Waals surface area contributed by atoms with E-state index in [-0.39, 0.29) is 17.6 Å². The molecule has 0 aliphatic carbocycles. The Morgan fingerprint density at radius 3 is 2.40 bits per heavy atom. The van der Waals surface area contributed by atoms with Gasteiger partial charge in [0.05, 0.1) is 6.04 Å². The average Bonchev–Trinajstić information content (AvgIpc) is 2.96. The highest BCUT2D eigenvalue weighted by Gasteiger charge is 2.37. The smallest absolute Gasteiger partial charge is 0.362 e. The van der Waals surface area contributed by atoms with E-state index in [9.17, 15) is 13.2 Å². The van der Waals surface area contributed by atoms with Crippen molar-refractivity contribution in [1.82, 2.24) is 19.8 Å². The molecule has 132 valence electrons. The van der Waals surface area contributed by atoms with Gasteiger partial charge >= 0.3 is 6.18 Å². The zero-order valence-electron chi connectivity index (χ0n) is 14.0. The van der Waals surface area contributed by atoms with Crippen LogP contribution >= 0.6 is 0 Å². The highest BCUT2D eigenvalue weighted by Crippen LogP contribution is 2.30. The Kier molecular flexibility index (Phi) is 4.36. The Morgan fingerprint density at radius 2 is 1.76 bits per heavy atom. The lowest BCUT2D eigenvalue weighted by Gasteiger charge is -2.25. The van der Waals surface area contributed by atoms with E-state index < -0.39 is 12.0 Å². The minimum absolute atomic E-state index is 0.0508. The van der Waals surface area contributed by atoms with Crippen molar-refractivity contribution >= 4 is 11.5 Å². The van der Waals surface area contributed by atoms with Crippen LogP contribution in [0.15, 0.2) is 36.4 Å². The summed E-state index contributed by atoms with van der Waals surface area (Å²) in [4.78, 5) is 0. The Balaban J connectivity index is 1.99. The number of anilines is 1. The number of nitrogens with one attached hydrogen (secondary N) is 1. The second-order valence-electron chi connectivity index (χ2n) is 6.23. The molecule has 25 heavy (non-hydrogen) atoms. The van der Waals surface area contributed by atoms with Gasteiger partial charge in [0.2, 0.25) is 0 Å². The van der Waals surface area contributed by atoms with Gasteiger partial charge in [0, 0.05) is 0 Å². The zero-order chi connectivity index (χ0) is 18.2. The van der Waals surface area contributed by atoms with E-state index in [1.165, 1.54) is 6.07 Å². The summed E-state index contributed by atoms with van der Waals surface area (Å²) in [6, 6.07) is 10.9. The third-order valence-electron chi connectivity index (χ3n) is 4.01. The predicted molar refractivity (Wildman–Crippen MR) is 88.2 cm³/mol. The van der Waals surface area contributed by atoms with Gasteiger partial charge in [0.1, 0.15) is 5.82 Å². The number of nitrogens with zero attached hydrogens (tertiary/aromatic N) is 4. The Hall–Kier alpha value is -2.64. The molecule has 3 aromatic rings. The van der Waals surface area contributed by atoms with E-state index in [1.807, 2.05) is 45.0 Å². The molecule has 1 atom stereocenters. The quantitative estimate of drug-likeness (QED) is 0.765. The number of alkyl halides is 3. The molecule has 0 amide bonds. The summed E-state index contributed by atoms with van der Waals surface area (Å²) < 4.78 is 39.7. The monoisotopic (exact) mass is 349 g/mol. The van der Waals surface area contributed by atoms with Gasteiger partial charge in [-0.25, -0.2) is 0 Å². The van der Waals surface area contributed by atoms with Crippen LogP contribution in [0, 0.1) is 12.8 Å². The van der Waals surface area contributed by atoms with Crippen LogP contribution in [0.4, 0.5) is 19.0 Å². The van der Waals surface area contributed by atoms with Gasteiger partial charge in [-0.2, -0.15) is 17.7 Å². The number of fused-ring (bicyclic) bond motifs is 1. The summed E-state index contributed by atoms with van der Waals surface area (Å²) in [6.07, 6.45) is -4.61. The van der Waals surface area contributed by atoms with Crippen molar-refractivity contribution in [2.24, 2.45) is 5.92 Å². The molecule has 2 heterocycles. The molecule has 0 fully saturated rings. The third kappa shape index (κ3) is 3.42. The first-order valence-corrected chi connectivity index (χ1v) is 7.89. The average molecular weight is 349 g/mol. The van der Waals surface area contributed by atoms with Crippen LogP contribution in [0.3, 0.4) is 0 Å². The second kappa shape index (κ2) is 6.34. The molecule has 8 heteroatoms. The van der Waals surface area contributed by atoms with Gasteiger partial charge in [0.25, 0.3) is 5.82 Å². The lowest BCUT2D eigenvalue weighted by Crippen LogP contribution is -2.20. The topological polar surface area (TPSA) is 55.1 Å². The first-order chi connectivity index (χ1) is 11.8. The van der Waals surface area contributed by atoms with E-state index in [4.69, 9.17) is 0 Å². The second-order valence-corrected chi connectivity index (χ2v) is 6.23. The number of hydrogen-bond donors (Lipinski definition) is 1. The maximum atomic E-state index is 13.0. The minimum atomic E-state index is -4.61. The fraction of sp³-hybridized carbons (Fsp3) is 0.353. The SMILES string of the molecule is Cc1ccccc1C(Nc1ccc2nnc(C(F)(F)F)n2n1)C(C)C. The maximum absolute atomic E-state index is 13.0. The van der Waals surface area contributed by atoms with Crippen LogP contribution in [0.1, 0.15) is 36.8 Å². The fourth-order valence-corrected chi connectivity index (χ4v) is 2.74. The normalized spacial score (nSPS) is 13.4. The van der Waals surface area contributed by atoms with Crippen molar-refractivity contribution in [3.05, 3.63) is 53.3 Å². The highest BCUT2D eigenvalue weighted by atomic mass is 19.4. The van der Waals surface area contributed by atoms with Crippen molar-refractivity contribution < 1.29 is 13.2 Å². The molecule has 0 saturated heterocycles. The van der Waals surface area contributed by atoms with E-state index in [0.717, 1.165) is 15.6 Å². The molecule has 0 spiro atoms. The first kappa shape index (κ1) is 17.2. The van der Waals surface area contributed by atoms with Gasteiger partial charge in [-0.1, -0.05) is 38.1 Å². The molecule has 0 saturated carbocycles. The Bertz CT molecular complexity index is 885. The number of rotatable bonds is 4. The van der Waals surface area contributed by atoms with Gasteiger partial charge in [0.15, 0.2) is 5.65 Å². The molecule has 1 unspecified atom stereocenters. The summed E-state index contributed by atoms with van der Waals surface area (Å²) >= 11 is 0. The molecule has 1 aromatic carbocycles. The molecule has 0 aliphatic rings. The van der Waals surface area contributed by atoms with Crippen molar-refractivity contribution in [2.75, 3.05) is 5.32 Å². The molecule has 2 aromatic heterocycles. The summed E-state index contributed by atoms with van der Waals surface area (Å²) in [7, 11) is 0. The van der Waals surface area contributed by atoms with Crippen LogP contribution in [0.2, 0.25) is 0 Å². The number of aryl methyl sites for hydroxylation is 1. The molecule has 5 nitrogen and oxygen atoms in total. The summed E-state index contributed by atoms with van der Waals surface area (Å²) in [6.45, 7) is 6.09. The molecule has 0 aliphatic heterocycles. The van der Waals surface area contributed by atoms with Crippen LogP contribution in [0.5, 0.6) is 0 Å². The maximum Gasteiger partial charge on any atom is 0.453 e. The van der Waals surface area contributed by atoms with E-state index in [2.05, 4.69) is 20.6 Å². The van der Waals surface area contributed by atoms with Gasteiger partial charge in [-0.3, -0.25) is 0 Å². The number of aromatic nitrogens is 4. The number of halogens is 3. The molecular formula is C17H18F3N5. The zero-order valence-corrected chi connectivity index (χ0v) is 14.0. The number of hydrogen-bond acceptors (Lipinski definition) is 4. The predicted octanol–water partition coefficient (Wildman–Crippen LogP) is 4.26. The minimum Gasteiger partial charge on any atom is -0.362 e. The lowest BCUT2D eigenvalue weighted by molar-refractivity contribution is -0.146. The van der Waals surface area contributed by atoms with E-state index in [1.54, 1.807) is 6.07 Å². The van der Waals surface area contributed by atoms with Crippen molar-refractivity contribution in [2.45, 2.75) is 33.0 Å². The lowest BCUT2D eigenvalue weighted by atomic mass is 9.93. The highest BCUT2D eigenvalue weighted by molar-refractivity contribution is 5.46. The van der Waals surface area contributed by atoms with Crippen LogP contribution < -0.4 is 5.32 Å². The summed E-state index contributed by atoms with van der Waals surface area (Å²) in [5.74, 6) is -0.593. The van der Waals surface area contributed by atoms with Crippen LogP contribution in [-0.2, 0) is 6.18 Å². The van der Waals surface area contributed by atoms with Gasteiger partial charge in [-0.15, -0.1) is 15.3 Å². The third-order valence-corrected chi connectivity index (χ3v) is 4.01. The summed E-state index contributed by atoms with van der Waals surface area (Å²) in [5.41, 5.74) is 2.24. The molecule has 0 bridgehead atoms. The van der Waals surface area contributed by atoms with Crippen molar-refractivity contribution in [1.29, 1.82) is 0 Å². The fourth-order valence-electron chi connectivity index (χ4n) is 2.74. The molecule has 1 N–H and O–H groups in total. The largest absolute Gasteiger partial charge is 0.453 e. The van der Waals surface area contributed by atoms with E-state index in [0.29, 0.717) is 5.82 Å². The summed E-state index contributed by atoms with van der Waals surface area (Å²) in [5, 5.41) is 14.0. The molecular weight excluding hydrogens is 331 g/mol. The Morgan fingerprint density at radius 1 is 1.04 bits per heavy atom. The molecule has 3 rings (SSSR count). The van der Waals surface area contributed by atoms with Crippen LogP contribution in [-0.4, -0.2) is 19.8 Å². The van der Waals surface area contributed by atoms with Gasteiger partial charge in [-0.05, 0) is 36.1 Å².